The molecule has 0 fully saturated rings. The second kappa shape index (κ2) is 3.76. The van der Waals surface area contributed by atoms with Crippen LogP contribution in [0.4, 0.5) is 0 Å². The first kappa shape index (κ1) is 9.75. The second-order valence-electron chi connectivity index (χ2n) is 3.19. The van der Waals surface area contributed by atoms with Gasteiger partial charge in [0.15, 0.2) is 0 Å². The molecule has 0 aliphatic carbocycles. The summed E-state index contributed by atoms with van der Waals surface area (Å²) >= 11 is 12.0. The van der Waals surface area contributed by atoms with Gasteiger partial charge in [-0.15, -0.1) is 11.6 Å². The molecule has 0 saturated carbocycles. The first-order valence-corrected chi connectivity index (χ1v) is 5.18. The van der Waals surface area contributed by atoms with Crippen LogP contribution in [-0.4, -0.2) is 4.98 Å². The summed E-state index contributed by atoms with van der Waals surface area (Å²) < 4.78 is 0. The highest BCUT2D eigenvalue weighted by atomic mass is 35.5. The summed E-state index contributed by atoms with van der Waals surface area (Å²) in [5.74, 6) is 0. The van der Waals surface area contributed by atoms with E-state index < -0.39 is 0 Å². The van der Waals surface area contributed by atoms with E-state index in [1.807, 2.05) is 25.1 Å². The predicted molar refractivity (Wildman–Crippen MR) is 61.0 cm³/mol. The van der Waals surface area contributed by atoms with Gasteiger partial charge in [-0.25, -0.2) is 0 Å². The quantitative estimate of drug-likeness (QED) is 0.664. The van der Waals surface area contributed by atoms with E-state index in [1.165, 1.54) is 0 Å². The fourth-order valence-corrected chi connectivity index (χ4v) is 1.73. The molecule has 1 heterocycles. The van der Waals surface area contributed by atoms with Crippen LogP contribution in [0.25, 0.3) is 10.9 Å². The molecular weight excluding hydrogens is 217 g/mol. The molecule has 2 aromatic rings. The fourth-order valence-electron chi connectivity index (χ4n) is 1.38. The lowest BCUT2D eigenvalue weighted by Crippen LogP contribution is -1.86. The molecule has 72 valence electrons. The van der Waals surface area contributed by atoms with Crippen LogP contribution in [0.3, 0.4) is 0 Å². The lowest BCUT2D eigenvalue weighted by atomic mass is 10.1. The van der Waals surface area contributed by atoms with Crippen LogP contribution in [0, 0.1) is 0 Å². The van der Waals surface area contributed by atoms with E-state index in [-0.39, 0.29) is 5.38 Å². The van der Waals surface area contributed by atoms with E-state index in [9.17, 15) is 0 Å². The number of aromatic nitrogens is 1. The van der Waals surface area contributed by atoms with E-state index in [2.05, 4.69) is 4.98 Å². The van der Waals surface area contributed by atoms with Crippen LogP contribution >= 0.6 is 23.2 Å². The van der Waals surface area contributed by atoms with Crippen molar-refractivity contribution < 1.29 is 0 Å². The van der Waals surface area contributed by atoms with Crippen LogP contribution < -0.4 is 0 Å². The lowest BCUT2D eigenvalue weighted by molar-refractivity contribution is 1.09. The van der Waals surface area contributed by atoms with Gasteiger partial charge in [-0.3, -0.25) is 4.98 Å². The van der Waals surface area contributed by atoms with Crippen LogP contribution in [0.1, 0.15) is 17.9 Å². The number of hydrogen-bond donors (Lipinski definition) is 0. The molecule has 1 nitrogen and oxygen atoms in total. The Labute approximate surface area is 92.7 Å². The molecule has 0 radical (unpaired) electrons. The Morgan fingerprint density at radius 1 is 1.29 bits per heavy atom. The van der Waals surface area contributed by atoms with E-state index in [4.69, 9.17) is 23.2 Å². The Hall–Kier alpha value is -0.790. The van der Waals surface area contributed by atoms with E-state index in [0.717, 1.165) is 21.5 Å². The number of fused-ring (bicyclic) bond motifs is 1. The van der Waals surface area contributed by atoms with Gasteiger partial charge < -0.3 is 0 Å². The van der Waals surface area contributed by atoms with Crippen molar-refractivity contribution >= 4 is 34.1 Å². The maximum Gasteiger partial charge on any atom is 0.0720 e. The number of nitrogens with zero attached hydrogens (tertiary/aromatic N) is 1. The standard InChI is InChI=1S/C11H9Cl2N/c1-7(12)8-2-3-9-10(13)4-5-14-11(9)6-8/h2-7H,1H3. The van der Waals surface area contributed by atoms with Crippen LogP contribution in [0.2, 0.25) is 5.02 Å². The highest BCUT2D eigenvalue weighted by Gasteiger charge is 2.04. The summed E-state index contributed by atoms with van der Waals surface area (Å²) in [7, 11) is 0. The van der Waals surface area contributed by atoms with E-state index >= 15 is 0 Å². The van der Waals surface area contributed by atoms with Gasteiger partial charge in [-0.05, 0) is 24.6 Å². The minimum Gasteiger partial charge on any atom is -0.256 e. The first-order valence-electron chi connectivity index (χ1n) is 4.37. The summed E-state index contributed by atoms with van der Waals surface area (Å²) in [6.07, 6.45) is 1.70. The van der Waals surface area contributed by atoms with Crippen molar-refractivity contribution in [3.05, 3.63) is 41.0 Å². The van der Waals surface area contributed by atoms with Gasteiger partial charge in [0.1, 0.15) is 0 Å². The molecule has 1 aromatic heterocycles. The van der Waals surface area contributed by atoms with Crippen molar-refractivity contribution in [2.24, 2.45) is 0 Å². The fraction of sp³-hybridized carbons (Fsp3) is 0.182. The minimum atomic E-state index is 0.000168. The van der Waals surface area contributed by atoms with Crippen LogP contribution in [0.15, 0.2) is 30.5 Å². The second-order valence-corrected chi connectivity index (χ2v) is 4.25. The molecule has 0 spiro atoms. The SMILES string of the molecule is CC(Cl)c1ccc2c(Cl)ccnc2c1. The Morgan fingerprint density at radius 2 is 2.07 bits per heavy atom. The third-order valence-corrected chi connectivity index (χ3v) is 2.75. The Kier molecular flexibility index (Phi) is 2.62. The minimum absolute atomic E-state index is 0.000168. The summed E-state index contributed by atoms with van der Waals surface area (Å²) in [6, 6.07) is 7.69. The van der Waals surface area contributed by atoms with E-state index in [0.29, 0.717) is 0 Å². The molecular formula is C11H9Cl2N. The number of benzene rings is 1. The summed E-state index contributed by atoms with van der Waals surface area (Å²) in [5, 5.41) is 1.69. The molecule has 0 N–H and O–H groups in total. The molecule has 0 aliphatic rings. The van der Waals surface area contributed by atoms with Crippen LogP contribution in [0.5, 0.6) is 0 Å². The Balaban J connectivity index is 2.67. The van der Waals surface area contributed by atoms with Crippen molar-refractivity contribution in [3.8, 4) is 0 Å². The Bertz CT molecular complexity index is 466. The summed E-state index contributed by atoms with van der Waals surface area (Å²) in [4.78, 5) is 4.24. The van der Waals surface area contributed by atoms with Gasteiger partial charge in [0.2, 0.25) is 0 Å². The molecule has 1 unspecified atom stereocenters. The monoisotopic (exact) mass is 225 g/mol. The largest absolute Gasteiger partial charge is 0.256 e. The van der Waals surface area contributed by atoms with Crippen molar-refractivity contribution in [2.45, 2.75) is 12.3 Å². The highest BCUT2D eigenvalue weighted by Crippen LogP contribution is 2.26. The predicted octanol–water partition coefficient (Wildman–Crippen LogP) is 4.19. The Morgan fingerprint density at radius 3 is 2.79 bits per heavy atom. The van der Waals surface area contributed by atoms with Gasteiger partial charge in [0.25, 0.3) is 0 Å². The summed E-state index contributed by atoms with van der Waals surface area (Å²) in [6.45, 7) is 1.94. The zero-order valence-corrected chi connectivity index (χ0v) is 9.18. The average Bonchev–Trinajstić information content (AvgIpc) is 2.17. The van der Waals surface area contributed by atoms with Crippen molar-refractivity contribution in [2.75, 3.05) is 0 Å². The topological polar surface area (TPSA) is 12.9 Å². The average molecular weight is 226 g/mol. The number of halogens is 2. The molecule has 0 amide bonds. The van der Waals surface area contributed by atoms with Gasteiger partial charge in [0, 0.05) is 11.6 Å². The molecule has 14 heavy (non-hydrogen) atoms. The lowest BCUT2D eigenvalue weighted by Gasteiger charge is -2.05. The molecule has 2 rings (SSSR count). The van der Waals surface area contributed by atoms with Crippen molar-refractivity contribution in [1.29, 1.82) is 0 Å². The van der Waals surface area contributed by atoms with Gasteiger partial charge in [-0.1, -0.05) is 23.7 Å². The smallest absolute Gasteiger partial charge is 0.0720 e. The van der Waals surface area contributed by atoms with Crippen molar-refractivity contribution in [1.82, 2.24) is 4.98 Å². The third-order valence-electron chi connectivity index (χ3n) is 2.17. The molecule has 3 heteroatoms. The van der Waals surface area contributed by atoms with Gasteiger partial charge in [-0.2, -0.15) is 0 Å². The number of alkyl halides is 1. The maximum atomic E-state index is 6.02. The third kappa shape index (κ3) is 1.70. The molecule has 0 aliphatic heterocycles. The number of hydrogen-bond acceptors (Lipinski definition) is 1. The molecule has 1 atom stereocenters. The molecule has 0 bridgehead atoms. The number of rotatable bonds is 1. The summed E-state index contributed by atoms with van der Waals surface area (Å²) in [5.41, 5.74) is 1.96. The molecule has 0 saturated heterocycles. The van der Waals surface area contributed by atoms with Gasteiger partial charge in [0.05, 0.1) is 15.9 Å². The van der Waals surface area contributed by atoms with Gasteiger partial charge >= 0.3 is 0 Å². The van der Waals surface area contributed by atoms with Crippen molar-refractivity contribution in [3.63, 3.8) is 0 Å². The first-order chi connectivity index (χ1) is 6.68. The normalized spacial score (nSPS) is 13.1. The van der Waals surface area contributed by atoms with E-state index in [1.54, 1.807) is 12.3 Å². The zero-order chi connectivity index (χ0) is 10.1. The maximum absolute atomic E-state index is 6.02. The highest BCUT2D eigenvalue weighted by molar-refractivity contribution is 6.35. The number of pyridine rings is 1. The van der Waals surface area contributed by atoms with Crippen LogP contribution in [-0.2, 0) is 0 Å². The molecule has 1 aromatic carbocycles. The zero-order valence-electron chi connectivity index (χ0n) is 7.67.